The second-order valence-corrected chi connectivity index (χ2v) is 4.71. The van der Waals surface area contributed by atoms with Crippen molar-refractivity contribution < 1.29 is 22.7 Å². The van der Waals surface area contributed by atoms with Crippen LogP contribution >= 0.6 is 0 Å². The van der Waals surface area contributed by atoms with Crippen molar-refractivity contribution in [1.29, 1.82) is 0 Å². The van der Waals surface area contributed by atoms with Gasteiger partial charge in [-0.05, 0) is 24.1 Å². The Balaban J connectivity index is 2.08. The molecule has 0 radical (unpaired) electrons. The number of carbonyl (C=O) groups is 1. The molecule has 1 N–H and O–H groups in total. The van der Waals surface area contributed by atoms with Gasteiger partial charge in [0.15, 0.2) is 0 Å². The molecule has 0 aromatic heterocycles. The molecule has 0 atom stereocenters. The van der Waals surface area contributed by atoms with E-state index in [4.69, 9.17) is 4.74 Å². The lowest BCUT2D eigenvalue weighted by atomic mass is 10.2. The van der Waals surface area contributed by atoms with Crippen LogP contribution in [0.3, 0.4) is 0 Å². The van der Waals surface area contributed by atoms with E-state index in [2.05, 4.69) is 0 Å². The van der Waals surface area contributed by atoms with Crippen LogP contribution in [0.1, 0.15) is 11.1 Å². The summed E-state index contributed by atoms with van der Waals surface area (Å²) >= 11 is 0. The predicted octanol–water partition coefficient (Wildman–Crippen LogP) is 4.07. The fourth-order valence-corrected chi connectivity index (χ4v) is 1.77. The minimum Gasteiger partial charge on any atom is -0.489 e. The average molecular weight is 309 g/mol. The summed E-state index contributed by atoms with van der Waals surface area (Å²) < 4.78 is 42.3. The van der Waals surface area contributed by atoms with Crippen LogP contribution < -0.4 is 10.1 Å². The number of nitrogens with one attached hydrogen (secondary N) is 1. The highest BCUT2D eigenvalue weighted by atomic mass is 19.4. The summed E-state index contributed by atoms with van der Waals surface area (Å²) in [5.41, 5.74) is 1.74. The van der Waals surface area contributed by atoms with E-state index < -0.39 is 12.1 Å². The Hall–Kier alpha value is -2.50. The lowest BCUT2D eigenvalue weighted by Gasteiger charge is -2.12. The summed E-state index contributed by atoms with van der Waals surface area (Å²) in [6.45, 7) is 2.06. The summed E-state index contributed by atoms with van der Waals surface area (Å²) in [7, 11) is 0. The molecule has 3 nitrogen and oxygen atoms in total. The molecule has 0 saturated carbocycles. The van der Waals surface area contributed by atoms with Gasteiger partial charge in [0.1, 0.15) is 12.4 Å². The highest BCUT2D eigenvalue weighted by molar-refractivity contribution is 5.95. The standard InChI is InChI=1S/C16H14F3NO2/c1-11-7-8-13(20-15(21)16(17,18)19)9-14(11)22-10-12-5-3-2-4-6-12/h2-9H,10H2,1H3,(H,20,21). The quantitative estimate of drug-likeness (QED) is 0.924. The van der Waals surface area contributed by atoms with Crippen LogP contribution in [0.2, 0.25) is 0 Å². The second kappa shape index (κ2) is 6.51. The number of ether oxygens (including phenoxy) is 1. The normalized spacial score (nSPS) is 11.1. The van der Waals surface area contributed by atoms with Crippen LogP contribution in [0.25, 0.3) is 0 Å². The van der Waals surface area contributed by atoms with Crippen LogP contribution in [0.15, 0.2) is 48.5 Å². The van der Waals surface area contributed by atoms with Gasteiger partial charge < -0.3 is 10.1 Å². The summed E-state index contributed by atoms with van der Waals surface area (Å²) in [4.78, 5) is 10.9. The van der Waals surface area contributed by atoms with Crippen molar-refractivity contribution >= 4 is 11.6 Å². The molecule has 0 fully saturated rings. The Bertz CT molecular complexity index is 654. The Morgan fingerprint density at radius 1 is 1.14 bits per heavy atom. The van der Waals surface area contributed by atoms with E-state index >= 15 is 0 Å². The first-order valence-electron chi connectivity index (χ1n) is 6.52. The maximum atomic E-state index is 12.2. The van der Waals surface area contributed by atoms with Gasteiger partial charge in [-0.15, -0.1) is 0 Å². The molecule has 22 heavy (non-hydrogen) atoms. The van der Waals surface area contributed by atoms with Crippen LogP contribution in [-0.4, -0.2) is 12.1 Å². The number of anilines is 1. The minimum absolute atomic E-state index is 0.0380. The van der Waals surface area contributed by atoms with Crippen molar-refractivity contribution in [2.75, 3.05) is 5.32 Å². The molecular formula is C16H14F3NO2. The molecule has 2 aromatic rings. The molecule has 0 aliphatic heterocycles. The number of rotatable bonds is 4. The van der Waals surface area contributed by atoms with E-state index in [0.29, 0.717) is 12.4 Å². The van der Waals surface area contributed by atoms with Gasteiger partial charge in [-0.3, -0.25) is 4.79 Å². The van der Waals surface area contributed by atoms with Gasteiger partial charge in [-0.25, -0.2) is 0 Å². The Morgan fingerprint density at radius 2 is 1.82 bits per heavy atom. The third kappa shape index (κ3) is 4.25. The lowest BCUT2D eigenvalue weighted by molar-refractivity contribution is -0.167. The molecule has 0 bridgehead atoms. The molecule has 2 aromatic carbocycles. The zero-order valence-corrected chi connectivity index (χ0v) is 11.8. The fourth-order valence-electron chi connectivity index (χ4n) is 1.77. The average Bonchev–Trinajstić information content (AvgIpc) is 2.48. The second-order valence-electron chi connectivity index (χ2n) is 4.71. The van der Waals surface area contributed by atoms with Crippen molar-refractivity contribution in [3.8, 4) is 5.75 Å². The topological polar surface area (TPSA) is 38.3 Å². The third-order valence-corrected chi connectivity index (χ3v) is 2.94. The lowest BCUT2D eigenvalue weighted by Crippen LogP contribution is -2.29. The van der Waals surface area contributed by atoms with Crippen molar-refractivity contribution in [2.45, 2.75) is 19.7 Å². The van der Waals surface area contributed by atoms with Gasteiger partial charge in [0, 0.05) is 11.8 Å². The van der Waals surface area contributed by atoms with E-state index in [-0.39, 0.29) is 5.69 Å². The molecule has 0 unspecified atom stereocenters. The Kier molecular flexibility index (Phi) is 4.70. The monoisotopic (exact) mass is 309 g/mol. The molecule has 0 saturated heterocycles. The van der Waals surface area contributed by atoms with Gasteiger partial charge in [0.2, 0.25) is 0 Å². The number of alkyl halides is 3. The first-order valence-corrected chi connectivity index (χ1v) is 6.52. The largest absolute Gasteiger partial charge is 0.489 e. The van der Waals surface area contributed by atoms with Crippen LogP contribution in [0, 0.1) is 6.92 Å². The van der Waals surface area contributed by atoms with Crippen LogP contribution in [0.4, 0.5) is 18.9 Å². The molecule has 6 heteroatoms. The SMILES string of the molecule is Cc1ccc(NC(=O)C(F)(F)F)cc1OCc1ccccc1. The number of hydrogen-bond donors (Lipinski definition) is 1. The van der Waals surface area contributed by atoms with Crippen LogP contribution in [-0.2, 0) is 11.4 Å². The number of halogens is 3. The maximum absolute atomic E-state index is 12.2. The zero-order chi connectivity index (χ0) is 16.2. The minimum atomic E-state index is -4.92. The fraction of sp³-hybridized carbons (Fsp3) is 0.188. The number of benzene rings is 2. The first-order chi connectivity index (χ1) is 10.4. The molecule has 0 aliphatic carbocycles. The van der Waals surface area contributed by atoms with E-state index in [0.717, 1.165) is 11.1 Å². The molecule has 2 rings (SSSR count). The number of hydrogen-bond acceptors (Lipinski definition) is 2. The molecule has 0 aliphatic rings. The van der Waals surface area contributed by atoms with Gasteiger partial charge in [-0.1, -0.05) is 36.4 Å². The van der Waals surface area contributed by atoms with Crippen molar-refractivity contribution in [3.63, 3.8) is 0 Å². The summed E-state index contributed by atoms with van der Waals surface area (Å²) in [5, 5.41) is 1.80. The van der Waals surface area contributed by atoms with E-state index in [9.17, 15) is 18.0 Å². The summed E-state index contributed by atoms with van der Waals surface area (Å²) in [6.07, 6.45) is -4.92. The van der Waals surface area contributed by atoms with E-state index in [1.807, 2.05) is 30.3 Å². The molecule has 116 valence electrons. The summed E-state index contributed by atoms with van der Waals surface area (Å²) in [5.74, 6) is -1.59. The summed E-state index contributed by atoms with van der Waals surface area (Å²) in [6, 6.07) is 13.7. The highest BCUT2D eigenvalue weighted by Gasteiger charge is 2.38. The van der Waals surface area contributed by atoms with Gasteiger partial charge in [0.05, 0.1) is 0 Å². The van der Waals surface area contributed by atoms with Gasteiger partial charge in [0.25, 0.3) is 0 Å². The Morgan fingerprint density at radius 3 is 2.45 bits per heavy atom. The molecule has 0 heterocycles. The van der Waals surface area contributed by atoms with Crippen molar-refractivity contribution in [1.82, 2.24) is 0 Å². The Labute approximate surface area is 125 Å². The molecule has 1 amide bonds. The highest BCUT2D eigenvalue weighted by Crippen LogP contribution is 2.25. The van der Waals surface area contributed by atoms with Gasteiger partial charge >= 0.3 is 12.1 Å². The third-order valence-electron chi connectivity index (χ3n) is 2.94. The number of carbonyl (C=O) groups excluding carboxylic acids is 1. The molecule has 0 spiro atoms. The van der Waals surface area contributed by atoms with Crippen molar-refractivity contribution in [2.24, 2.45) is 0 Å². The smallest absolute Gasteiger partial charge is 0.471 e. The van der Waals surface area contributed by atoms with Crippen molar-refractivity contribution in [3.05, 3.63) is 59.7 Å². The maximum Gasteiger partial charge on any atom is 0.471 e. The van der Waals surface area contributed by atoms with Gasteiger partial charge in [-0.2, -0.15) is 13.2 Å². The van der Waals surface area contributed by atoms with E-state index in [1.165, 1.54) is 12.1 Å². The predicted molar refractivity (Wildman–Crippen MR) is 76.6 cm³/mol. The van der Waals surface area contributed by atoms with E-state index in [1.54, 1.807) is 18.3 Å². The molecular weight excluding hydrogens is 295 g/mol. The number of amides is 1. The number of aryl methyl sites for hydroxylation is 1. The first kappa shape index (κ1) is 15.9. The zero-order valence-electron chi connectivity index (χ0n) is 11.8. The van der Waals surface area contributed by atoms with Crippen LogP contribution in [0.5, 0.6) is 5.75 Å².